The van der Waals surface area contributed by atoms with Gasteiger partial charge in [-0.05, 0) is 43.9 Å². The number of fused-ring (bicyclic) bond motifs is 1. The highest BCUT2D eigenvalue weighted by atomic mass is 32.2. The first-order valence-electron chi connectivity index (χ1n) is 10.0. The Morgan fingerprint density at radius 1 is 1.23 bits per heavy atom. The molecule has 0 aliphatic carbocycles. The Morgan fingerprint density at radius 3 is 2.90 bits per heavy atom. The van der Waals surface area contributed by atoms with E-state index in [2.05, 4.69) is 15.1 Å². The Balaban J connectivity index is 1.52. The highest BCUT2D eigenvalue weighted by Crippen LogP contribution is 2.40. The average Bonchev–Trinajstić information content (AvgIpc) is 3.35. The normalized spacial score (nSPS) is 22.8. The lowest BCUT2D eigenvalue weighted by Crippen LogP contribution is -2.37. The maximum absolute atomic E-state index is 13.4. The first kappa shape index (κ1) is 19.4. The molecule has 9 nitrogen and oxygen atoms in total. The predicted octanol–water partition coefficient (Wildman–Crippen LogP) is 1.87. The minimum Gasteiger partial charge on any atom is -0.381 e. The standard InChI is InChI=1S/C20H24N6O3S/c1-14-3-4-15(9-16(14)17-10-22-19-18(21)23-13-24-26(17)19)30(27,28)25-7-6-20(11-25)5-2-8-29-12-20/h3-4,9-10,13H,2,5-8,11-12H2,1H3,(H2,21,23,24). The van der Waals surface area contributed by atoms with Crippen LogP contribution in [0.1, 0.15) is 24.8 Å². The topological polar surface area (TPSA) is 116 Å². The second kappa shape index (κ2) is 7.00. The van der Waals surface area contributed by atoms with Crippen LogP contribution in [0.5, 0.6) is 0 Å². The largest absolute Gasteiger partial charge is 0.381 e. The monoisotopic (exact) mass is 428 g/mol. The number of anilines is 1. The van der Waals surface area contributed by atoms with E-state index in [4.69, 9.17) is 10.5 Å². The van der Waals surface area contributed by atoms with Gasteiger partial charge in [-0.3, -0.25) is 0 Å². The van der Waals surface area contributed by atoms with E-state index < -0.39 is 10.0 Å². The van der Waals surface area contributed by atoms with Crippen molar-refractivity contribution in [2.24, 2.45) is 5.41 Å². The van der Waals surface area contributed by atoms with Crippen LogP contribution >= 0.6 is 0 Å². The van der Waals surface area contributed by atoms with Gasteiger partial charge in [0.2, 0.25) is 10.0 Å². The van der Waals surface area contributed by atoms with Crippen molar-refractivity contribution in [3.05, 3.63) is 36.3 Å². The lowest BCUT2D eigenvalue weighted by molar-refractivity contribution is 0.000899. The second-order valence-electron chi connectivity index (χ2n) is 8.25. The fourth-order valence-electron chi connectivity index (χ4n) is 4.54. The molecule has 1 atom stereocenters. The molecule has 158 valence electrons. The summed E-state index contributed by atoms with van der Waals surface area (Å²) in [6.07, 6.45) is 5.85. The maximum atomic E-state index is 13.4. The van der Waals surface area contributed by atoms with Crippen molar-refractivity contribution in [3.8, 4) is 11.3 Å². The van der Waals surface area contributed by atoms with Crippen LogP contribution in [0.2, 0.25) is 0 Å². The molecule has 2 aliphatic heterocycles. The molecule has 2 fully saturated rings. The number of hydrogen-bond acceptors (Lipinski definition) is 7. The Bertz CT molecular complexity index is 1220. The van der Waals surface area contributed by atoms with Crippen LogP contribution in [0.3, 0.4) is 0 Å². The summed E-state index contributed by atoms with van der Waals surface area (Å²) in [5.41, 5.74) is 8.63. The highest BCUT2D eigenvalue weighted by Gasteiger charge is 2.44. The van der Waals surface area contributed by atoms with Gasteiger partial charge in [-0.25, -0.2) is 22.9 Å². The van der Waals surface area contributed by atoms with Gasteiger partial charge in [-0.2, -0.15) is 9.40 Å². The molecule has 10 heteroatoms. The third-order valence-electron chi connectivity index (χ3n) is 6.26. The highest BCUT2D eigenvalue weighted by molar-refractivity contribution is 7.89. The molecule has 5 rings (SSSR count). The van der Waals surface area contributed by atoms with E-state index >= 15 is 0 Å². The maximum Gasteiger partial charge on any atom is 0.243 e. The minimum absolute atomic E-state index is 0.0467. The van der Waals surface area contributed by atoms with E-state index in [9.17, 15) is 8.42 Å². The number of rotatable bonds is 3. The molecular formula is C20H24N6O3S. The summed E-state index contributed by atoms with van der Waals surface area (Å²) < 4.78 is 35.7. The lowest BCUT2D eigenvalue weighted by atomic mass is 9.82. The number of aryl methyl sites for hydroxylation is 1. The molecule has 2 saturated heterocycles. The van der Waals surface area contributed by atoms with Gasteiger partial charge in [0.1, 0.15) is 6.33 Å². The molecule has 0 amide bonds. The number of nitrogen functional groups attached to an aromatic ring is 1. The summed E-state index contributed by atoms with van der Waals surface area (Å²) in [5, 5.41) is 4.24. The average molecular weight is 429 g/mol. The Hall–Kier alpha value is -2.56. The number of nitrogens with zero attached hydrogens (tertiary/aromatic N) is 5. The minimum atomic E-state index is -3.62. The molecule has 1 unspecified atom stereocenters. The smallest absolute Gasteiger partial charge is 0.243 e. The van der Waals surface area contributed by atoms with E-state index in [1.54, 1.807) is 27.2 Å². The summed E-state index contributed by atoms with van der Waals surface area (Å²) in [5.74, 6) is 0.273. The fourth-order valence-corrected chi connectivity index (χ4v) is 6.12. The zero-order chi connectivity index (χ0) is 20.9. The molecule has 2 N–H and O–H groups in total. The number of aromatic nitrogens is 4. The van der Waals surface area contributed by atoms with Crippen LogP contribution in [0.25, 0.3) is 16.9 Å². The van der Waals surface area contributed by atoms with Crippen LogP contribution < -0.4 is 5.73 Å². The van der Waals surface area contributed by atoms with Crippen molar-refractivity contribution in [2.45, 2.75) is 31.1 Å². The van der Waals surface area contributed by atoms with Gasteiger partial charge in [0, 0.05) is 30.7 Å². The third-order valence-corrected chi connectivity index (χ3v) is 8.10. The van der Waals surface area contributed by atoms with E-state index in [0.29, 0.717) is 31.0 Å². The number of nitrogens with two attached hydrogens (primary N) is 1. The van der Waals surface area contributed by atoms with E-state index in [0.717, 1.165) is 37.0 Å². The zero-order valence-corrected chi connectivity index (χ0v) is 17.6. The summed E-state index contributed by atoms with van der Waals surface area (Å²) in [7, 11) is -3.62. The van der Waals surface area contributed by atoms with Gasteiger partial charge >= 0.3 is 0 Å². The SMILES string of the molecule is Cc1ccc(S(=O)(=O)N2CCC3(CCCOC3)C2)cc1-c1cnc2c(N)ncnn12. The summed E-state index contributed by atoms with van der Waals surface area (Å²) >= 11 is 0. The van der Waals surface area contributed by atoms with Gasteiger partial charge < -0.3 is 10.5 Å². The molecule has 1 aromatic carbocycles. The molecule has 0 radical (unpaired) electrons. The summed E-state index contributed by atoms with van der Waals surface area (Å²) in [4.78, 5) is 8.53. The lowest BCUT2D eigenvalue weighted by Gasteiger charge is -2.33. The second-order valence-corrected chi connectivity index (χ2v) is 10.2. The van der Waals surface area contributed by atoms with Crippen molar-refractivity contribution in [2.75, 3.05) is 32.0 Å². The van der Waals surface area contributed by atoms with Crippen LogP contribution in [0.4, 0.5) is 5.82 Å². The van der Waals surface area contributed by atoms with E-state index in [1.807, 2.05) is 13.0 Å². The quantitative estimate of drug-likeness (QED) is 0.677. The van der Waals surface area contributed by atoms with Gasteiger partial charge in [0.15, 0.2) is 11.5 Å². The molecule has 0 saturated carbocycles. The molecule has 1 spiro atoms. The van der Waals surface area contributed by atoms with Gasteiger partial charge in [-0.1, -0.05) is 6.07 Å². The Labute approximate surface area is 174 Å². The van der Waals surface area contributed by atoms with Crippen LogP contribution in [-0.2, 0) is 14.8 Å². The number of imidazole rings is 1. The number of ether oxygens (including phenoxy) is 1. The zero-order valence-electron chi connectivity index (χ0n) is 16.8. The van der Waals surface area contributed by atoms with E-state index in [-0.39, 0.29) is 16.1 Å². The van der Waals surface area contributed by atoms with Crippen LogP contribution in [0, 0.1) is 12.3 Å². The summed E-state index contributed by atoms with van der Waals surface area (Å²) in [6.45, 7) is 4.37. The van der Waals surface area contributed by atoms with Crippen molar-refractivity contribution in [1.82, 2.24) is 23.9 Å². The number of sulfonamides is 1. The molecule has 30 heavy (non-hydrogen) atoms. The van der Waals surface area contributed by atoms with Crippen molar-refractivity contribution in [1.29, 1.82) is 0 Å². The molecular weight excluding hydrogens is 404 g/mol. The number of hydrogen-bond donors (Lipinski definition) is 1. The molecule has 3 aromatic rings. The fraction of sp³-hybridized carbons (Fsp3) is 0.450. The Morgan fingerprint density at radius 2 is 2.10 bits per heavy atom. The van der Waals surface area contributed by atoms with Crippen LogP contribution in [-0.4, -0.2) is 58.6 Å². The molecule has 0 bridgehead atoms. The van der Waals surface area contributed by atoms with Crippen molar-refractivity contribution in [3.63, 3.8) is 0 Å². The van der Waals surface area contributed by atoms with Crippen molar-refractivity contribution < 1.29 is 13.2 Å². The predicted molar refractivity (Wildman–Crippen MR) is 111 cm³/mol. The summed E-state index contributed by atoms with van der Waals surface area (Å²) in [6, 6.07) is 5.19. The van der Waals surface area contributed by atoms with Gasteiger partial charge in [-0.15, -0.1) is 0 Å². The Kier molecular flexibility index (Phi) is 4.53. The molecule has 2 aromatic heterocycles. The first-order valence-corrected chi connectivity index (χ1v) is 11.5. The van der Waals surface area contributed by atoms with Gasteiger partial charge in [0.05, 0.1) is 23.4 Å². The van der Waals surface area contributed by atoms with Crippen molar-refractivity contribution >= 4 is 21.5 Å². The van der Waals surface area contributed by atoms with Crippen LogP contribution in [0.15, 0.2) is 35.6 Å². The molecule has 2 aliphatic rings. The van der Waals surface area contributed by atoms with Gasteiger partial charge in [0.25, 0.3) is 0 Å². The molecule has 4 heterocycles. The number of benzene rings is 1. The van der Waals surface area contributed by atoms with E-state index in [1.165, 1.54) is 6.33 Å². The first-order chi connectivity index (χ1) is 14.4. The third kappa shape index (κ3) is 3.06.